The van der Waals surface area contributed by atoms with Gasteiger partial charge in [0.2, 0.25) is 0 Å². The fraction of sp³-hybridized carbons (Fsp3) is 0.500. The van der Waals surface area contributed by atoms with E-state index in [4.69, 9.17) is 5.73 Å². The summed E-state index contributed by atoms with van der Waals surface area (Å²) in [7, 11) is 0. The fourth-order valence-electron chi connectivity index (χ4n) is 1.06. The number of hydrogen-bond donors (Lipinski definition) is 1. The van der Waals surface area contributed by atoms with Crippen molar-refractivity contribution in [2.45, 2.75) is 19.5 Å². The monoisotopic (exact) mass is 177 g/mol. The molecule has 0 saturated carbocycles. The van der Waals surface area contributed by atoms with E-state index in [0.29, 0.717) is 5.70 Å². The Bertz CT molecular complexity index is 237. The number of hydrogen-bond acceptors (Lipinski definition) is 1. The van der Waals surface area contributed by atoms with E-state index in [0.717, 1.165) is 11.6 Å². The van der Waals surface area contributed by atoms with Crippen molar-refractivity contribution >= 4 is 0 Å². The van der Waals surface area contributed by atoms with Crippen LogP contribution in [0.3, 0.4) is 0 Å². The molecule has 0 amide bonds. The highest BCUT2D eigenvalue weighted by Gasteiger charge is 2.38. The maximum Gasteiger partial charge on any atom is 0.395 e. The molecule has 0 aromatic rings. The summed E-state index contributed by atoms with van der Waals surface area (Å²) in [6.45, 7) is 1.71. The van der Waals surface area contributed by atoms with Gasteiger partial charge in [-0.2, -0.15) is 13.2 Å². The lowest BCUT2D eigenvalue weighted by molar-refractivity contribution is -0.161. The molecule has 1 nitrogen and oxygen atoms in total. The van der Waals surface area contributed by atoms with Crippen molar-refractivity contribution in [3.8, 4) is 0 Å². The molecule has 0 radical (unpaired) electrons. The predicted octanol–water partition coefficient (Wildman–Crippen LogP) is 2.36. The van der Waals surface area contributed by atoms with Gasteiger partial charge in [-0.3, -0.25) is 0 Å². The first-order chi connectivity index (χ1) is 5.41. The highest BCUT2D eigenvalue weighted by atomic mass is 19.4. The van der Waals surface area contributed by atoms with E-state index in [-0.39, 0.29) is 6.42 Å². The van der Waals surface area contributed by atoms with E-state index >= 15 is 0 Å². The Morgan fingerprint density at radius 1 is 1.50 bits per heavy atom. The Morgan fingerprint density at radius 3 is 2.50 bits per heavy atom. The van der Waals surface area contributed by atoms with Crippen molar-refractivity contribution in [2.75, 3.05) is 0 Å². The van der Waals surface area contributed by atoms with Gasteiger partial charge in [-0.25, -0.2) is 0 Å². The van der Waals surface area contributed by atoms with Crippen molar-refractivity contribution in [1.29, 1.82) is 0 Å². The summed E-state index contributed by atoms with van der Waals surface area (Å²) in [6.07, 6.45) is -1.68. The average molecular weight is 177 g/mol. The molecule has 1 aliphatic carbocycles. The van der Waals surface area contributed by atoms with Crippen LogP contribution in [0.4, 0.5) is 13.2 Å². The lowest BCUT2D eigenvalue weighted by atomic mass is 9.94. The second-order valence-corrected chi connectivity index (χ2v) is 2.92. The summed E-state index contributed by atoms with van der Waals surface area (Å²) in [6, 6.07) is 0. The summed E-state index contributed by atoms with van der Waals surface area (Å²) < 4.78 is 36.3. The average Bonchev–Trinajstić information content (AvgIpc) is 1.92. The normalized spacial score (nSPS) is 24.8. The smallest absolute Gasteiger partial charge is 0.395 e. The van der Waals surface area contributed by atoms with Crippen LogP contribution in [0.2, 0.25) is 0 Å². The van der Waals surface area contributed by atoms with Crippen molar-refractivity contribution in [3.63, 3.8) is 0 Å². The zero-order valence-corrected chi connectivity index (χ0v) is 6.65. The minimum Gasteiger partial charge on any atom is -0.402 e. The SMILES string of the molecule is CC1=C(N)CC(C(F)(F)F)C=C1. The summed E-state index contributed by atoms with van der Waals surface area (Å²) in [5, 5.41) is 0. The maximum absolute atomic E-state index is 12.1. The highest BCUT2D eigenvalue weighted by Crippen LogP contribution is 2.34. The van der Waals surface area contributed by atoms with Crippen LogP contribution in [0.25, 0.3) is 0 Å². The van der Waals surface area contributed by atoms with Crippen molar-refractivity contribution in [1.82, 2.24) is 0 Å². The molecular formula is C8H10F3N. The van der Waals surface area contributed by atoms with Gasteiger partial charge in [-0.05, 0) is 12.5 Å². The Hall–Kier alpha value is -0.930. The van der Waals surface area contributed by atoms with Gasteiger partial charge in [0, 0.05) is 12.1 Å². The third-order valence-corrected chi connectivity index (χ3v) is 1.95. The largest absolute Gasteiger partial charge is 0.402 e. The number of nitrogens with two attached hydrogens (primary N) is 1. The molecule has 1 aliphatic rings. The first kappa shape index (κ1) is 9.16. The topological polar surface area (TPSA) is 26.0 Å². The summed E-state index contributed by atoms with van der Waals surface area (Å²) >= 11 is 0. The summed E-state index contributed by atoms with van der Waals surface area (Å²) in [4.78, 5) is 0. The quantitative estimate of drug-likeness (QED) is 0.603. The van der Waals surface area contributed by atoms with E-state index in [1.54, 1.807) is 6.92 Å². The minimum atomic E-state index is -4.16. The van der Waals surface area contributed by atoms with E-state index in [1.165, 1.54) is 6.08 Å². The predicted molar refractivity (Wildman–Crippen MR) is 40.2 cm³/mol. The van der Waals surface area contributed by atoms with Crippen LogP contribution in [-0.4, -0.2) is 6.18 Å². The number of halogens is 3. The lowest BCUT2D eigenvalue weighted by Crippen LogP contribution is -2.25. The van der Waals surface area contributed by atoms with Crippen LogP contribution in [0.15, 0.2) is 23.4 Å². The molecule has 0 saturated heterocycles. The van der Waals surface area contributed by atoms with Crippen LogP contribution in [-0.2, 0) is 0 Å². The first-order valence-electron chi connectivity index (χ1n) is 3.61. The molecule has 1 rings (SSSR count). The van der Waals surface area contributed by atoms with Gasteiger partial charge in [0.1, 0.15) is 0 Å². The second-order valence-electron chi connectivity index (χ2n) is 2.92. The third kappa shape index (κ3) is 1.81. The minimum absolute atomic E-state index is 0.105. The van der Waals surface area contributed by atoms with Crippen molar-refractivity contribution in [2.24, 2.45) is 11.7 Å². The Labute approximate surface area is 68.7 Å². The van der Waals surface area contributed by atoms with Gasteiger partial charge >= 0.3 is 6.18 Å². The van der Waals surface area contributed by atoms with Crippen LogP contribution in [0.5, 0.6) is 0 Å². The molecule has 68 valence electrons. The molecule has 0 aliphatic heterocycles. The van der Waals surface area contributed by atoms with Gasteiger partial charge in [-0.1, -0.05) is 12.2 Å². The van der Waals surface area contributed by atoms with Gasteiger partial charge < -0.3 is 5.73 Å². The number of allylic oxidation sites excluding steroid dienone is 4. The van der Waals surface area contributed by atoms with Crippen LogP contribution < -0.4 is 5.73 Å². The molecule has 1 atom stereocenters. The molecule has 0 heterocycles. The van der Waals surface area contributed by atoms with Crippen LogP contribution in [0.1, 0.15) is 13.3 Å². The Kier molecular flexibility index (Phi) is 2.17. The number of rotatable bonds is 0. The first-order valence-corrected chi connectivity index (χ1v) is 3.61. The molecular weight excluding hydrogens is 167 g/mol. The molecule has 12 heavy (non-hydrogen) atoms. The van der Waals surface area contributed by atoms with E-state index < -0.39 is 12.1 Å². The highest BCUT2D eigenvalue weighted by molar-refractivity contribution is 5.27. The molecule has 0 bridgehead atoms. The van der Waals surface area contributed by atoms with E-state index in [1.807, 2.05) is 0 Å². The molecule has 0 aromatic heterocycles. The van der Waals surface area contributed by atoms with Crippen molar-refractivity contribution in [3.05, 3.63) is 23.4 Å². The van der Waals surface area contributed by atoms with Gasteiger partial charge in [0.15, 0.2) is 0 Å². The standard InChI is InChI=1S/C8H10F3N/c1-5-2-3-6(4-7(5)12)8(9,10)11/h2-3,6H,4,12H2,1H3. The Morgan fingerprint density at radius 2 is 2.08 bits per heavy atom. The number of alkyl halides is 3. The van der Waals surface area contributed by atoms with E-state index in [2.05, 4.69) is 0 Å². The third-order valence-electron chi connectivity index (χ3n) is 1.95. The molecule has 4 heteroatoms. The van der Waals surface area contributed by atoms with Gasteiger partial charge in [0.05, 0.1) is 5.92 Å². The van der Waals surface area contributed by atoms with Gasteiger partial charge in [0.25, 0.3) is 0 Å². The molecule has 1 unspecified atom stereocenters. The van der Waals surface area contributed by atoms with Crippen molar-refractivity contribution < 1.29 is 13.2 Å². The lowest BCUT2D eigenvalue weighted by Gasteiger charge is -2.20. The zero-order valence-electron chi connectivity index (χ0n) is 6.65. The maximum atomic E-state index is 12.1. The van der Waals surface area contributed by atoms with E-state index in [9.17, 15) is 13.2 Å². The molecule has 0 fully saturated rings. The summed E-state index contributed by atoms with van der Waals surface area (Å²) in [5.41, 5.74) is 6.46. The summed E-state index contributed by atoms with van der Waals surface area (Å²) in [5.74, 6) is -1.40. The Balaban J connectivity index is 2.76. The van der Waals surface area contributed by atoms with Crippen LogP contribution in [0, 0.1) is 5.92 Å². The fourth-order valence-corrected chi connectivity index (χ4v) is 1.06. The molecule has 2 N–H and O–H groups in total. The van der Waals surface area contributed by atoms with Gasteiger partial charge in [-0.15, -0.1) is 0 Å². The second kappa shape index (κ2) is 2.84. The van der Waals surface area contributed by atoms with Crippen LogP contribution >= 0.6 is 0 Å². The molecule has 0 spiro atoms. The molecule has 0 aromatic carbocycles. The zero-order chi connectivity index (χ0) is 9.35.